The van der Waals surface area contributed by atoms with Crippen molar-refractivity contribution in [3.8, 4) is 6.07 Å². The molecule has 0 saturated carbocycles. The van der Waals surface area contributed by atoms with Gasteiger partial charge in [0, 0.05) is 13.1 Å². The number of aromatic nitrogens is 2. The summed E-state index contributed by atoms with van der Waals surface area (Å²) in [6, 6.07) is 10.5. The number of aryl methyl sites for hydroxylation is 2. The molecule has 0 atom stereocenters. The van der Waals surface area contributed by atoms with Crippen LogP contribution < -0.4 is 16.4 Å². The summed E-state index contributed by atoms with van der Waals surface area (Å²) in [4.78, 5) is 4.68. The lowest BCUT2D eigenvalue weighted by atomic mass is 10.1. The highest BCUT2D eigenvalue weighted by Gasteiger charge is 2.09. The lowest BCUT2D eigenvalue weighted by molar-refractivity contribution is 0.702. The summed E-state index contributed by atoms with van der Waals surface area (Å²) >= 11 is 0. The van der Waals surface area contributed by atoms with Gasteiger partial charge in [-0.15, -0.1) is 24.0 Å². The number of nitrogens with one attached hydrogen (secondary N) is 3. The molecule has 0 saturated heterocycles. The van der Waals surface area contributed by atoms with Gasteiger partial charge in [0.15, 0.2) is 11.8 Å². The van der Waals surface area contributed by atoms with E-state index in [1.807, 2.05) is 0 Å². The molecule has 0 spiro atoms. The number of benzene rings is 1. The molecule has 152 valence electrons. The summed E-state index contributed by atoms with van der Waals surface area (Å²) in [5, 5.41) is 22.6. The van der Waals surface area contributed by atoms with E-state index in [4.69, 9.17) is 11.0 Å². The van der Waals surface area contributed by atoms with Crippen LogP contribution in [0, 0.1) is 18.3 Å². The molecule has 0 fully saturated rings. The number of nitrogens with zero attached hydrogens (tertiary/aromatic N) is 3. The van der Waals surface area contributed by atoms with E-state index in [2.05, 4.69) is 70.0 Å². The Labute approximate surface area is 184 Å². The molecule has 8 heteroatoms. The second-order valence-corrected chi connectivity index (χ2v) is 6.54. The second-order valence-electron chi connectivity index (χ2n) is 6.54. The van der Waals surface area contributed by atoms with Gasteiger partial charge in [-0.2, -0.15) is 10.4 Å². The number of unbranched alkanes of at least 4 members (excludes halogenated alkanes) is 1. The van der Waals surface area contributed by atoms with Crippen molar-refractivity contribution in [2.24, 2.45) is 4.99 Å². The molecule has 0 unspecified atom stereocenters. The molecule has 5 N–H and O–H groups in total. The quantitative estimate of drug-likeness (QED) is 0.185. The van der Waals surface area contributed by atoms with E-state index in [-0.39, 0.29) is 29.8 Å². The van der Waals surface area contributed by atoms with Crippen LogP contribution in [-0.2, 0) is 13.0 Å². The Morgan fingerprint density at radius 2 is 1.89 bits per heavy atom. The molecule has 2 aromatic rings. The zero-order valence-corrected chi connectivity index (χ0v) is 18.9. The molecule has 0 bridgehead atoms. The first kappa shape index (κ1) is 23.8. The van der Waals surface area contributed by atoms with Gasteiger partial charge >= 0.3 is 0 Å². The van der Waals surface area contributed by atoms with Crippen LogP contribution in [-0.4, -0.2) is 29.2 Å². The summed E-state index contributed by atoms with van der Waals surface area (Å²) in [5.41, 5.74) is 9.33. The minimum absolute atomic E-state index is 0. The van der Waals surface area contributed by atoms with Crippen LogP contribution >= 0.6 is 24.0 Å². The standard InChI is InChI=1S/C20H29N7.HI/c1-3-4-11-23-20(25-14-16-9-7-15(2)8-10-16)24-12-5-6-18-17(13-21)19(22)27-26-18;/h7-10H,3-6,11-12,14H2,1-2H3,(H3,22,26,27)(H2,23,24,25);1H. The smallest absolute Gasteiger partial charge is 0.191 e. The third-order valence-electron chi connectivity index (χ3n) is 4.24. The number of H-pyrrole nitrogens is 1. The maximum atomic E-state index is 9.11. The number of aromatic amines is 1. The molecule has 0 aliphatic heterocycles. The van der Waals surface area contributed by atoms with E-state index in [1.54, 1.807) is 0 Å². The highest BCUT2D eigenvalue weighted by Crippen LogP contribution is 2.12. The number of rotatable bonds is 9. The van der Waals surface area contributed by atoms with Gasteiger partial charge in [0.2, 0.25) is 0 Å². The second kappa shape index (κ2) is 13.0. The van der Waals surface area contributed by atoms with Crippen molar-refractivity contribution in [1.29, 1.82) is 5.26 Å². The van der Waals surface area contributed by atoms with Crippen LogP contribution in [0.3, 0.4) is 0 Å². The predicted octanol–water partition coefficient (Wildman–Crippen LogP) is 3.26. The van der Waals surface area contributed by atoms with Gasteiger partial charge in [0.05, 0.1) is 12.2 Å². The van der Waals surface area contributed by atoms with Crippen LogP contribution in [0.2, 0.25) is 0 Å². The Morgan fingerprint density at radius 1 is 1.21 bits per heavy atom. The van der Waals surface area contributed by atoms with Crippen LogP contribution in [0.25, 0.3) is 0 Å². The average Bonchev–Trinajstić information content (AvgIpc) is 3.03. The van der Waals surface area contributed by atoms with Crippen molar-refractivity contribution in [3.05, 3.63) is 46.6 Å². The summed E-state index contributed by atoms with van der Waals surface area (Å²) in [7, 11) is 0. The predicted molar refractivity (Wildman–Crippen MR) is 125 cm³/mol. The fourth-order valence-corrected chi connectivity index (χ4v) is 2.59. The lowest BCUT2D eigenvalue weighted by Gasteiger charge is -2.12. The first-order valence-corrected chi connectivity index (χ1v) is 9.44. The van der Waals surface area contributed by atoms with Crippen molar-refractivity contribution >= 4 is 35.8 Å². The van der Waals surface area contributed by atoms with Crippen molar-refractivity contribution in [3.63, 3.8) is 0 Å². The Balaban J connectivity index is 0.00000392. The molecular formula is C20H30IN7. The molecular weight excluding hydrogens is 465 g/mol. The molecule has 0 radical (unpaired) electrons. The highest BCUT2D eigenvalue weighted by atomic mass is 127. The Morgan fingerprint density at radius 3 is 2.54 bits per heavy atom. The first-order chi connectivity index (χ1) is 13.1. The molecule has 0 aliphatic rings. The van der Waals surface area contributed by atoms with Crippen LogP contribution in [0.5, 0.6) is 0 Å². The van der Waals surface area contributed by atoms with Crippen LogP contribution in [0.15, 0.2) is 29.3 Å². The summed E-state index contributed by atoms with van der Waals surface area (Å²) in [6.45, 7) is 6.53. The summed E-state index contributed by atoms with van der Waals surface area (Å²) < 4.78 is 0. The molecule has 1 aromatic carbocycles. The van der Waals surface area contributed by atoms with Crippen molar-refractivity contribution in [1.82, 2.24) is 20.8 Å². The summed E-state index contributed by atoms with van der Waals surface area (Å²) in [6.07, 6.45) is 3.79. The maximum Gasteiger partial charge on any atom is 0.191 e. The number of anilines is 1. The normalized spacial score (nSPS) is 10.8. The molecule has 2 rings (SSSR count). The molecule has 28 heavy (non-hydrogen) atoms. The maximum absolute atomic E-state index is 9.11. The zero-order chi connectivity index (χ0) is 19.5. The van der Waals surface area contributed by atoms with Crippen molar-refractivity contribution in [2.45, 2.75) is 46.1 Å². The van der Waals surface area contributed by atoms with E-state index in [0.29, 0.717) is 18.5 Å². The molecule has 1 heterocycles. The number of nitriles is 1. The van der Waals surface area contributed by atoms with E-state index >= 15 is 0 Å². The number of nitrogen functional groups attached to an aromatic ring is 1. The largest absolute Gasteiger partial charge is 0.381 e. The third-order valence-corrected chi connectivity index (χ3v) is 4.24. The monoisotopic (exact) mass is 495 g/mol. The molecule has 1 aromatic heterocycles. The van der Waals surface area contributed by atoms with Gasteiger partial charge in [-0.1, -0.05) is 43.2 Å². The lowest BCUT2D eigenvalue weighted by Crippen LogP contribution is -2.38. The average molecular weight is 495 g/mol. The number of halogens is 1. The van der Waals surface area contributed by atoms with Gasteiger partial charge in [-0.25, -0.2) is 4.99 Å². The van der Waals surface area contributed by atoms with Gasteiger partial charge in [0.1, 0.15) is 11.6 Å². The number of hydrogen-bond acceptors (Lipinski definition) is 4. The van der Waals surface area contributed by atoms with Crippen molar-refractivity contribution in [2.75, 3.05) is 18.8 Å². The SMILES string of the molecule is CCCCNC(=NCc1ccc(C)cc1)NCCCc1[nH]nc(N)c1C#N.I. The molecule has 0 aliphatic carbocycles. The fraction of sp³-hybridized carbons (Fsp3) is 0.450. The highest BCUT2D eigenvalue weighted by molar-refractivity contribution is 14.0. The third kappa shape index (κ3) is 7.76. The van der Waals surface area contributed by atoms with E-state index in [0.717, 1.165) is 44.0 Å². The van der Waals surface area contributed by atoms with Crippen molar-refractivity contribution < 1.29 is 0 Å². The van der Waals surface area contributed by atoms with Gasteiger partial charge in [-0.3, -0.25) is 5.10 Å². The fourth-order valence-electron chi connectivity index (χ4n) is 2.59. The minimum Gasteiger partial charge on any atom is -0.381 e. The Hall–Kier alpha value is -2.28. The minimum atomic E-state index is 0. The van der Waals surface area contributed by atoms with E-state index in [1.165, 1.54) is 11.1 Å². The van der Waals surface area contributed by atoms with Gasteiger partial charge in [-0.05, 0) is 31.7 Å². The number of nitrogens with two attached hydrogens (primary N) is 1. The number of hydrogen-bond donors (Lipinski definition) is 4. The number of aliphatic imine (C=N–C) groups is 1. The van der Waals surface area contributed by atoms with Crippen LogP contribution in [0.1, 0.15) is 48.6 Å². The van der Waals surface area contributed by atoms with E-state index < -0.39 is 0 Å². The summed E-state index contributed by atoms with van der Waals surface area (Å²) in [5.74, 6) is 1.08. The van der Waals surface area contributed by atoms with Gasteiger partial charge in [0.25, 0.3) is 0 Å². The molecule has 7 nitrogen and oxygen atoms in total. The van der Waals surface area contributed by atoms with Crippen LogP contribution in [0.4, 0.5) is 5.82 Å². The van der Waals surface area contributed by atoms with E-state index in [9.17, 15) is 0 Å². The first-order valence-electron chi connectivity index (χ1n) is 9.44. The number of guanidine groups is 1. The Kier molecular flexibility index (Phi) is 11.0. The topological polar surface area (TPSA) is 115 Å². The zero-order valence-electron chi connectivity index (χ0n) is 16.6. The van der Waals surface area contributed by atoms with Gasteiger partial charge < -0.3 is 16.4 Å². The molecule has 0 amide bonds. The Bertz CT molecular complexity index is 775.